The van der Waals surface area contributed by atoms with Crippen molar-refractivity contribution in [2.24, 2.45) is 5.92 Å². The summed E-state index contributed by atoms with van der Waals surface area (Å²) >= 11 is 0. The van der Waals surface area contributed by atoms with Crippen LogP contribution in [0.3, 0.4) is 0 Å². The van der Waals surface area contributed by atoms with E-state index >= 15 is 0 Å². The molecule has 2 aliphatic rings. The first kappa shape index (κ1) is 10.9. The number of nitrogens with one attached hydrogen (secondary N) is 1. The number of hydrogen-bond donors (Lipinski definition) is 2. The van der Waals surface area contributed by atoms with Gasteiger partial charge in [0.1, 0.15) is 6.04 Å². The van der Waals surface area contributed by atoms with Crippen molar-refractivity contribution in [2.45, 2.75) is 44.3 Å². The molecule has 0 bridgehead atoms. The number of carboxylic acid groups (broad SMARTS) is 1. The highest BCUT2D eigenvalue weighted by atomic mass is 16.4. The first-order valence-corrected chi connectivity index (χ1v) is 5.77. The Morgan fingerprint density at radius 2 is 2.20 bits per heavy atom. The van der Waals surface area contributed by atoms with Crippen LogP contribution in [0.1, 0.15) is 26.2 Å². The Morgan fingerprint density at radius 3 is 2.60 bits per heavy atom. The Bertz CT molecular complexity index is 243. The van der Waals surface area contributed by atoms with Gasteiger partial charge in [-0.3, -0.25) is 4.79 Å². The Morgan fingerprint density at radius 1 is 1.53 bits per heavy atom. The van der Waals surface area contributed by atoms with Gasteiger partial charge in [0.15, 0.2) is 0 Å². The average molecular weight is 212 g/mol. The van der Waals surface area contributed by atoms with Crippen molar-refractivity contribution >= 4 is 5.97 Å². The van der Waals surface area contributed by atoms with Crippen LogP contribution in [0.5, 0.6) is 0 Å². The summed E-state index contributed by atoms with van der Waals surface area (Å²) in [7, 11) is 2.10. The molecule has 4 heteroatoms. The smallest absolute Gasteiger partial charge is 0.320 e. The minimum Gasteiger partial charge on any atom is -0.480 e. The highest BCUT2D eigenvalue weighted by Crippen LogP contribution is 2.33. The zero-order valence-corrected chi connectivity index (χ0v) is 9.44. The molecular formula is C11H20N2O2. The summed E-state index contributed by atoms with van der Waals surface area (Å²) in [5, 5.41) is 12.4. The molecule has 1 aliphatic carbocycles. The van der Waals surface area contributed by atoms with E-state index in [-0.39, 0.29) is 6.04 Å². The van der Waals surface area contributed by atoms with Crippen molar-refractivity contribution in [1.82, 2.24) is 10.2 Å². The minimum absolute atomic E-state index is 0.311. The molecule has 1 saturated heterocycles. The third-order valence-electron chi connectivity index (χ3n) is 3.66. The SMILES string of the molecule is CC1CC(NC(C(=O)O)C2CC2)CN1C. The Labute approximate surface area is 90.6 Å². The lowest BCUT2D eigenvalue weighted by Gasteiger charge is -2.19. The van der Waals surface area contributed by atoms with E-state index in [1.165, 1.54) is 0 Å². The topological polar surface area (TPSA) is 52.6 Å². The van der Waals surface area contributed by atoms with Crippen LogP contribution >= 0.6 is 0 Å². The molecule has 15 heavy (non-hydrogen) atoms. The molecule has 0 radical (unpaired) electrons. The molecule has 3 atom stereocenters. The van der Waals surface area contributed by atoms with Gasteiger partial charge >= 0.3 is 5.97 Å². The summed E-state index contributed by atoms with van der Waals surface area (Å²) in [5.41, 5.74) is 0. The lowest BCUT2D eigenvalue weighted by Crippen LogP contribution is -2.45. The Hall–Kier alpha value is -0.610. The van der Waals surface area contributed by atoms with Crippen LogP contribution in [-0.2, 0) is 4.79 Å². The van der Waals surface area contributed by atoms with Crippen molar-refractivity contribution in [3.63, 3.8) is 0 Å². The summed E-state index contributed by atoms with van der Waals surface area (Å²) < 4.78 is 0. The number of aliphatic carboxylic acids is 1. The highest BCUT2D eigenvalue weighted by molar-refractivity contribution is 5.74. The molecule has 0 aromatic carbocycles. The molecule has 2 N–H and O–H groups in total. The lowest BCUT2D eigenvalue weighted by atomic mass is 10.1. The molecule has 0 spiro atoms. The molecule has 4 nitrogen and oxygen atoms in total. The zero-order chi connectivity index (χ0) is 11.0. The molecule has 0 amide bonds. The number of rotatable bonds is 4. The molecule has 1 saturated carbocycles. The maximum Gasteiger partial charge on any atom is 0.320 e. The van der Waals surface area contributed by atoms with Gasteiger partial charge in [0.25, 0.3) is 0 Å². The van der Waals surface area contributed by atoms with E-state index in [0.717, 1.165) is 25.8 Å². The fourth-order valence-corrected chi connectivity index (χ4v) is 2.41. The molecule has 1 heterocycles. The van der Waals surface area contributed by atoms with E-state index in [1.54, 1.807) is 0 Å². The van der Waals surface area contributed by atoms with E-state index in [9.17, 15) is 4.79 Å². The zero-order valence-electron chi connectivity index (χ0n) is 9.44. The van der Waals surface area contributed by atoms with Gasteiger partial charge < -0.3 is 15.3 Å². The van der Waals surface area contributed by atoms with Crippen molar-refractivity contribution in [3.8, 4) is 0 Å². The molecule has 1 aliphatic heterocycles. The van der Waals surface area contributed by atoms with Gasteiger partial charge in [-0.1, -0.05) is 0 Å². The van der Waals surface area contributed by atoms with Gasteiger partial charge in [-0.25, -0.2) is 0 Å². The largest absolute Gasteiger partial charge is 0.480 e. The number of hydrogen-bond acceptors (Lipinski definition) is 3. The van der Waals surface area contributed by atoms with Gasteiger partial charge in [-0.15, -0.1) is 0 Å². The number of likely N-dealkylation sites (N-methyl/N-ethyl adjacent to an activating group) is 1. The molecule has 2 fully saturated rings. The van der Waals surface area contributed by atoms with E-state index in [4.69, 9.17) is 5.11 Å². The van der Waals surface area contributed by atoms with Crippen molar-refractivity contribution in [3.05, 3.63) is 0 Å². The second-order valence-electron chi connectivity index (χ2n) is 5.04. The summed E-state index contributed by atoms with van der Waals surface area (Å²) in [6, 6.07) is 0.608. The molecule has 0 aromatic rings. The van der Waals surface area contributed by atoms with Crippen LogP contribution in [0, 0.1) is 5.92 Å². The minimum atomic E-state index is -0.681. The number of nitrogens with zero attached hydrogens (tertiary/aromatic N) is 1. The highest BCUT2D eigenvalue weighted by Gasteiger charge is 2.39. The second kappa shape index (κ2) is 4.10. The molecule has 2 rings (SSSR count). The third-order valence-corrected chi connectivity index (χ3v) is 3.66. The third kappa shape index (κ3) is 2.49. The summed E-state index contributed by atoms with van der Waals surface area (Å²) in [4.78, 5) is 13.3. The van der Waals surface area contributed by atoms with Crippen molar-refractivity contribution in [2.75, 3.05) is 13.6 Å². The van der Waals surface area contributed by atoms with Crippen LogP contribution in [0.4, 0.5) is 0 Å². The summed E-state index contributed by atoms with van der Waals surface area (Å²) in [6.07, 6.45) is 3.21. The first-order chi connectivity index (χ1) is 7.08. The van der Waals surface area contributed by atoms with Crippen LogP contribution in [0.25, 0.3) is 0 Å². The standard InChI is InChI=1S/C11H20N2O2/c1-7-5-9(6-13(7)2)12-10(11(14)15)8-3-4-8/h7-10,12H,3-6H2,1-2H3,(H,14,15). The fraction of sp³-hybridized carbons (Fsp3) is 0.909. The summed E-state index contributed by atoms with van der Waals surface area (Å²) in [5.74, 6) is -0.302. The van der Waals surface area contributed by atoms with Crippen LogP contribution in [0.2, 0.25) is 0 Å². The van der Waals surface area contributed by atoms with Gasteiger partial charge in [0.05, 0.1) is 0 Å². The van der Waals surface area contributed by atoms with E-state index in [1.807, 2.05) is 0 Å². The maximum absolute atomic E-state index is 11.1. The lowest BCUT2D eigenvalue weighted by molar-refractivity contribution is -0.140. The van der Waals surface area contributed by atoms with E-state index in [0.29, 0.717) is 18.0 Å². The van der Waals surface area contributed by atoms with Crippen LogP contribution in [-0.4, -0.2) is 47.7 Å². The van der Waals surface area contributed by atoms with Gasteiger partial charge in [-0.2, -0.15) is 0 Å². The van der Waals surface area contributed by atoms with E-state index in [2.05, 4.69) is 24.2 Å². The Balaban J connectivity index is 1.87. The number of carbonyl (C=O) groups is 1. The van der Waals surface area contributed by atoms with Crippen molar-refractivity contribution in [1.29, 1.82) is 0 Å². The normalized spacial score (nSPS) is 34.3. The molecule has 86 valence electrons. The molecular weight excluding hydrogens is 192 g/mol. The number of likely N-dealkylation sites (tertiary alicyclic amines) is 1. The van der Waals surface area contributed by atoms with Crippen molar-refractivity contribution < 1.29 is 9.90 Å². The molecule has 3 unspecified atom stereocenters. The maximum atomic E-state index is 11.1. The average Bonchev–Trinajstić information content (AvgIpc) is 2.92. The van der Waals surface area contributed by atoms with E-state index < -0.39 is 5.97 Å². The molecule has 0 aromatic heterocycles. The van der Waals surface area contributed by atoms with Crippen LogP contribution in [0.15, 0.2) is 0 Å². The quantitative estimate of drug-likeness (QED) is 0.714. The number of carboxylic acids is 1. The second-order valence-corrected chi connectivity index (χ2v) is 5.04. The van der Waals surface area contributed by atoms with Crippen LogP contribution < -0.4 is 5.32 Å². The van der Waals surface area contributed by atoms with Gasteiger partial charge in [0, 0.05) is 18.6 Å². The Kier molecular flexibility index (Phi) is 2.98. The predicted molar refractivity (Wildman–Crippen MR) is 57.8 cm³/mol. The van der Waals surface area contributed by atoms with Gasteiger partial charge in [0.2, 0.25) is 0 Å². The monoisotopic (exact) mass is 212 g/mol. The fourth-order valence-electron chi connectivity index (χ4n) is 2.41. The first-order valence-electron chi connectivity index (χ1n) is 5.77. The van der Waals surface area contributed by atoms with Gasteiger partial charge in [-0.05, 0) is 39.2 Å². The predicted octanol–water partition coefficient (Wildman–Crippen LogP) is 0.532. The summed E-state index contributed by atoms with van der Waals surface area (Å²) in [6.45, 7) is 3.16.